The van der Waals surface area contributed by atoms with E-state index in [0.29, 0.717) is 33.3 Å². The number of non-ortho nitro benzene ring substituents is 1. The molecule has 14 nitrogen and oxygen atoms in total. The number of nitro benzene ring substituents is 1. The number of carbonyl (C=O) groups is 2. The van der Waals surface area contributed by atoms with Gasteiger partial charge in [0.15, 0.2) is 11.0 Å². The third kappa shape index (κ3) is 6.66. The van der Waals surface area contributed by atoms with Gasteiger partial charge in [0, 0.05) is 23.8 Å². The molecule has 202 valence electrons. The van der Waals surface area contributed by atoms with Gasteiger partial charge in [-0.25, -0.2) is 0 Å². The van der Waals surface area contributed by atoms with Crippen LogP contribution in [-0.4, -0.2) is 61.7 Å². The smallest absolute Gasteiger partial charge is 0.269 e. The minimum Gasteiger partial charge on any atom is -0.497 e. The summed E-state index contributed by atoms with van der Waals surface area (Å²) in [5.74, 6) is 0.599. The number of hydrogen-bond acceptors (Lipinski definition) is 12. The summed E-state index contributed by atoms with van der Waals surface area (Å²) in [6.45, 7) is 1.74. The standard InChI is InChI=1S/C23H22N8O6S2/c1-13-26-28-22(39-13)25-20(32)12-38-23-29-27-19(30(23)17-10-16(36-2)8-9-18(17)37-3)11-24-21(33)14-4-6-15(7-5-14)31(34)35/h4-10H,11-12H2,1-3H3,(H,24,33)(H,25,28,32). The molecule has 0 aliphatic rings. The Morgan fingerprint density at radius 2 is 1.85 bits per heavy atom. The van der Waals surface area contributed by atoms with E-state index >= 15 is 0 Å². The Labute approximate surface area is 229 Å². The van der Waals surface area contributed by atoms with Crippen LogP contribution in [0.2, 0.25) is 0 Å². The predicted molar refractivity (Wildman–Crippen MR) is 143 cm³/mol. The first kappa shape index (κ1) is 27.5. The second-order valence-corrected chi connectivity index (χ2v) is 9.85. The zero-order valence-corrected chi connectivity index (χ0v) is 22.5. The summed E-state index contributed by atoms with van der Waals surface area (Å²) in [6, 6.07) is 10.4. The summed E-state index contributed by atoms with van der Waals surface area (Å²) in [4.78, 5) is 35.6. The zero-order valence-electron chi connectivity index (χ0n) is 20.9. The Morgan fingerprint density at radius 1 is 1.08 bits per heavy atom. The van der Waals surface area contributed by atoms with Gasteiger partial charge in [-0.3, -0.25) is 29.6 Å². The fourth-order valence-corrected chi connectivity index (χ4v) is 4.72. The van der Waals surface area contributed by atoms with E-state index in [0.717, 1.165) is 16.8 Å². The van der Waals surface area contributed by atoms with Gasteiger partial charge in [0.2, 0.25) is 11.0 Å². The summed E-state index contributed by atoms with van der Waals surface area (Å²) in [7, 11) is 3.04. The van der Waals surface area contributed by atoms with Gasteiger partial charge in [-0.15, -0.1) is 20.4 Å². The number of anilines is 1. The number of aromatic nitrogens is 5. The number of aryl methyl sites for hydroxylation is 1. The molecule has 0 saturated heterocycles. The minimum atomic E-state index is -0.542. The molecular formula is C23H22N8O6S2. The molecule has 39 heavy (non-hydrogen) atoms. The summed E-state index contributed by atoms with van der Waals surface area (Å²) < 4.78 is 12.6. The lowest BCUT2D eigenvalue weighted by Crippen LogP contribution is -2.24. The molecule has 4 rings (SSSR count). The van der Waals surface area contributed by atoms with Crippen molar-refractivity contribution in [3.63, 3.8) is 0 Å². The highest BCUT2D eigenvalue weighted by atomic mass is 32.2. The maximum atomic E-state index is 12.7. The lowest BCUT2D eigenvalue weighted by molar-refractivity contribution is -0.384. The molecule has 2 aromatic heterocycles. The molecule has 0 fully saturated rings. The van der Waals surface area contributed by atoms with E-state index in [4.69, 9.17) is 9.47 Å². The van der Waals surface area contributed by atoms with Crippen molar-refractivity contribution in [3.05, 3.63) is 69.0 Å². The van der Waals surface area contributed by atoms with Gasteiger partial charge in [-0.2, -0.15) is 0 Å². The van der Waals surface area contributed by atoms with E-state index in [1.165, 1.54) is 49.8 Å². The maximum Gasteiger partial charge on any atom is 0.269 e. The first-order chi connectivity index (χ1) is 18.8. The highest BCUT2D eigenvalue weighted by Gasteiger charge is 2.21. The van der Waals surface area contributed by atoms with Crippen LogP contribution in [0.4, 0.5) is 10.8 Å². The van der Waals surface area contributed by atoms with Crippen LogP contribution in [-0.2, 0) is 11.3 Å². The third-order valence-electron chi connectivity index (χ3n) is 5.18. The van der Waals surface area contributed by atoms with Crippen molar-refractivity contribution in [2.75, 3.05) is 25.3 Å². The fraction of sp³-hybridized carbons (Fsp3) is 0.217. The van der Waals surface area contributed by atoms with Gasteiger partial charge in [0.05, 0.1) is 37.1 Å². The highest BCUT2D eigenvalue weighted by molar-refractivity contribution is 7.99. The SMILES string of the molecule is COc1ccc(OC)c(-n2c(CNC(=O)c3ccc([N+](=O)[O-])cc3)nnc2SCC(=O)Nc2nnc(C)s2)c1. The van der Waals surface area contributed by atoms with Crippen LogP contribution in [0.15, 0.2) is 47.6 Å². The van der Waals surface area contributed by atoms with Crippen molar-refractivity contribution in [1.29, 1.82) is 0 Å². The van der Waals surface area contributed by atoms with Gasteiger partial charge < -0.3 is 14.8 Å². The van der Waals surface area contributed by atoms with Crippen LogP contribution in [0.1, 0.15) is 21.2 Å². The van der Waals surface area contributed by atoms with Crippen molar-refractivity contribution in [2.45, 2.75) is 18.6 Å². The van der Waals surface area contributed by atoms with Crippen molar-refractivity contribution in [3.8, 4) is 17.2 Å². The van der Waals surface area contributed by atoms with Crippen molar-refractivity contribution in [2.24, 2.45) is 0 Å². The molecule has 0 unspecified atom stereocenters. The van der Waals surface area contributed by atoms with Crippen LogP contribution in [0.3, 0.4) is 0 Å². The Bertz CT molecular complexity index is 1500. The summed E-state index contributed by atoms with van der Waals surface area (Å²) in [5.41, 5.74) is 0.649. The van der Waals surface area contributed by atoms with Crippen LogP contribution in [0.25, 0.3) is 5.69 Å². The van der Waals surface area contributed by atoms with E-state index < -0.39 is 10.8 Å². The number of nitrogens with zero attached hydrogens (tertiary/aromatic N) is 6. The molecule has 2 aromatic carbocycles. The summed E-state index contributed by atoms with van der Waals surface area (Å²) >= 11 is 2.39. The Balaban J connectivity index is 1.58. The Kier molecular flexibility index (Phi) is 8.67. The predicted octanol–water partition coefficient (Wildman–Crippen LogP) is 3.01. The molecule has 0 radical (unpaired) electrons. The van der Waals surface area contributed by atoms with Crippen LogP contribution >= 0.6 is 23.1 Å². The van der Waals surface area contributed by atoms with Gasteiger partial charge >= 0.3 is 0 Å². The molecule has 0 bridgehead atoms. The molecule has 0 saturated carbocycles. The van der Waals surface area contributed by atoms with Gasteiger partial charge in [-0.1, -0.05) is 23.1 Å². The Morgan fingerprint density at radius 3 is 2.49 bits per heavy atom. The van der Waals surface area contributed by atoms with E-state index in [2.05, 4.69) is 31.0 Å². The number of carbonyl (C=O) groups excluding carboxylic acids is 2. The number of rotatable bonds is 11. The molecule has 4 aromatic rings. The quantitative estimate of drug-likeness (QED) is 0.154. The van der Waals surface area contributed by atoms with Crippen molar-refractivity contribution >= 4 is 45.7 Å². The minimum absolute atomic E-state index is 0.00179. The molecule has 2 heterocycles. The molecule has 0 spiro atoms. The number of thioether (sulfide) groups is 1. The lowest BCUT2D eigenvalue weighted by atomic mass is 10.2. The van der Waals surface area contributed by atoms with Crippen molar-refractivity contribution < 1.29 is 24.0 Å². The van der Waals surface area contributed by atoms with E-state index in [-0.39, 0.29) is 29.5 Å². The zero-order chi connectivity index (χ0) is 27.9. The van der Waals surface area contributed by atoms with E-state index in [9.17, 15) is 19.7 Å². The number of nitrogens with one attached hydrogen (secondary N) is 2. The number of nitro groups is 1. The van der Waals surface area contributed by atoms with Gasteiger partial charge in [0.1, 0.15) is 16.5 Å². The Hall–Kier alpha value is -4.57. The molecule has 0 aliphatic heterocycles. The average Bonchev–Trinajstić information content (AvgIpc) is 3.55. The number of amides is 2. The maximum absolute atomic E-state index is 12.7. The topological polar surface area (TPSA) is 176 Å². The number of benzene rings is 2. The third-order valence-corrected chi connectivity index (χ3v) is 6.86. The van der Waals surface area contributed by atoms with Gasteiger partial charge in [0.25, 0.3) is 11.6 Å². The molecule has 0 atom stereocenters. The van der Waals surface area contributed by atoms with Crippen LogP contribution < -0.4 is 20.1 Å². The largest absolute Gasteiger partial charge is 0.497 e. The first-order valence-electron chi connectivity index (χ1n) is 11.2. The molecule has 16 heteroatoms. The van der Waals surface area contributed by atoms with E-state index in [1.807, 2.05) is 0 Å². The monoisotopic (exact) mass is 570 g/mol. The second kappa shape index (κ2) is 12.3. The van der Waals surface area contributed by atoms with Crippen LogP contribution in [0, 0.1) is 17.0 Å². The summed E-state index contributed by atoms with van der Waals surface area (Å²) in [5, 5.41) is 34.0. The molecule has 0 aliphatic carbocycles. The van der Waals surface area contributed by atoms with Crippen molar-refractivity contribution in [1.82, 2.24) is 30.3 Å². The fourth-order valence-electron chi connectivity index (χ4n) is 3.35. The number of hydrogen-bond donors (Lipinski definition) is 2. The average molecular weight is 571 g/mol. The van der Waals surface area contributed by atoms with E-state index in [1.54, 1.807) is 29.7 Å². The normalized spacial score (nSPS) is 10.6. The molecular weight excluding hydrogens is 548 g/mol. The van der Waals surface area contributed by atoms with Gasteiger partial charge in [-0.05, 0) is 31.2 Å². The first-order valence-corrected chi connectivity index (χ1v) is 13.0. The van der Waals surface area contributed by atoms with Crippen LogP contribution in [0.5, 0.6) is 11.5 Å². The number of ether oxygens (including phenoxy) is 2. The molecule has 2 N–H and O–H groups in total. The second-order valence-electron chi connectivity index (χ2n) is 7.72. The lowest BCUT2D eigenvalue weighted by Gasteiger charge is -2.15. The molecule has 2 amide bonds. The number of methoxy groups -OCH3 is 2. The highest BCUT2D eigenvalue weighted by Crippen LogP contribution is 2.32. The summed E-state index contributed by atoms with van der Waals surface area (Å²) in [6.07, 6.45) is 0.